The number of methoxy groups -OCH3 is 2. The van der Waals surface area contributed by atoms with Crippen molar-refractivity contribution >= 4 is 35.1 Å². The molecule has 9 heteroatoms. The molecule has 33 heavy (non-hydrogen) atoms. The van der Waals surface area contributed by atoms with Gasteiger partial charge in [-0.15, -0.1) is 0 Å². The number of hydrogen-bond donors (Lipinski definition) is 3. The fourth-order valence-corrected chi connectivity index (χ4v) is 3.94. The second-order valence-electron chi connectivity index (χ2n) is 7.09. The van der Waals surface area contributed by atoms with E-state index in [0.29, 0.717) is 22.6 Å². The number of hydrogen-bond acceptors (Lipinski definition) is 5. The maximum Gasteiger partial charge on any atom is 0.326 e. The first-order chi connectivity index (χ1) is 15.7. The number of ether oxygens (including phenoxy) is 2. The number of aromatic hydroxyl groups is 1. The molecule has 0 saturated heterocycles. The maximum absolute atomic E-state index is 12.6. The number of aliphatic carboxylic acids is 1. The number of carbonyl (C=O) groups is 2. The second-order valence-corrected chi connectivity index (χ2v) is 7.90. The van der Waals surface area contributed by atoms with Crippen LogP contribution < -0.4 is 14.8 Å². The van der Waals surface area contributed by atoms with Gasteiger partial charge in [-0.25, -0.2) is 4.79 Å². The Morgan fingerprint density at radius 1 is 0.970 bits per heavy atom. The van der Waals surface area contributed by atoms with E-state index in [1.807, 2.05) is 0 Å². The number of nitrogens with one attached hydrogen (secondary N) is 1. The van der Waals surface area contributed by atoms with Crippen LogP contribution in [-0.2, 0) is 11.2 Å². The third-order valence-electron chi connectivity index (χ3n) is 4.97. The minimum Gasteiger partial charge on any atom is -0.508 e. The van der Waals surface area contributed by atoms with Crippen molar-refractivity contribution in [3.63, 3.8) is 0 Å². The fraction of sp³-hybridized carbons (Fsp3) is 0.167. The largest absolute Gasteiger partial charge is 0.508 e. The third kappa shape index (κ3) is 5.50. The van der Waals surface area contributed by atoms with Gasteiger partial charge in [-0.2, -0.15) is 0 Å². The average Bonchev–Trinajstić information content (AvgIpc) is 2.78. The van der Waals surface area contributed by atoms with Gasteiger partial charge in [0.25, 0.3) is 5.91 Å². The number of phenolic OH excluding ortho intramolecular Hbond substituents is 1. The molecule has 172 valence electrons. The zero-order valence-corrected chi connectivity index (χ0v) is 19.3. The van der Waals surface area contributed by atoms with Gasteiger partial charge in [-0.1, -0.05) is 53.5 Å². The molecule has 0 radical (unpaired) electrons. The van der Waals surface area contributed by atoms with Crippen molar-refractivity contribution in [3.05, 3.63) is 75.8 Å². The molecule has 7 nitrogen and oxygen atoms in total. The molecule has 0 fully saturated rings. The molecule has 0 unspecified atom stereocenters. The minimum atomic E-state index is -1.20. The molecule has 0 heterocycles. The SMILES string of the molecule is COc1cc(O)cc(OC)c1-c1ccc(C[C@H](NC(=O)c2c(Cl)cccc2Cl)C(=O)O)cc1. The van der Waals surface area contributed by atoms with Crippen LogP contribution in [0.5, 0.6) is 17.2 Å². The summed E-state index contributed by atoms with van der Waals surface area (Å²) in [4.78, 5) is 24.4. The molecule has 3 aromatic rings. The first kappa shape index (κ1) is 24.2. The predicted molar refractivity (Wildman–Crippen MR) is 126 cm³/mol. The molecular weight excluding hydrogens is 469 g/mol. The summed E-state index contributed by atoms with van der Waals surface area (Å²) in [5.41, 5.74) is 2.08. The molecular formula is C24H21Cl2NO6. The van der Waals surface area contributed by atoms with Crippen molar-refractivity contribution in [2.45, 2.75) is 12.5 Å². The molecule has 3 N–H and O–H groups in total. The Morgan fingerprint density at radius 2 is 1.52 bits per heavy atom. The number of carboxylic acids is 1. The van der Waals surface area contributed by atoms with Gasteiger partial charge in [0, 0.05) is 18.6 Å². The number of carboxylic acid groups (broad SMARTS) is 1. The predicted octanol–water partition coefficient (Wildman–Crippen LogP) is 4.81. The number of benzene rings is 3. The Morgan fingerprint density at radius 3 is 2.00 bits per heavy atom. The van der Waals surface area contributed by atoms with Crippen LogP contribution in [-0.4, -0.2) is 42.4 Å². The van der Waals surface area contributed by atoms with Gasteiger partial charge in [-0.3, -0.25) is 4.79 Å². The number of halogens is 2. The summed E-state index contributed by atoms with van der Waals surface area (Å²) < 4.78 is 10.7. The summed E-state index contributed by atoms with van der Waals surface area (Å²) in [6, 6.07) is 13.4. The Balaban J connectivity index is 1.83. The molecule has 1 amide bonds. The van der Waals surface area contributed by atoms with Crippen LogP contribution in [0, 0.1) is 0 Å². The van der Waals surface area contributed by atoms with Crippen molar-refractivity contribution in [1.82, 2.24) is 5.32 Å². The first-order valence-corrected chi connectivity index (χ1v) is 10.5. The number of amides is 1. The zero-order chi connectivity index (χ0) is 24.1. The topological polar surface area (TPSA) is 105 Å². The molecule has 1 atom stereocenters. The third-order valence-corrected chi connectivity index (χ3v) is 5.60. The average molecular weight is 490 g/mol. The smallest absolute Gasteiger partial charge is 0.326 e. The van der Waals surface area contributed by atoms with E-state index in [4.69, 9.17) is 32.7 Å². The van der Waals surface area contributed by atoms with Crippen LogP contribution in [0.25, 0.3) is 11.1 Å². The highest BCUT2D eigenvalue weighted by Crippen LogP contribution is 2.41. The van der Waals surface area contributed by atoms with Crippen LogP contribution in [0.1, 0.15) is 15.9 Å². The maximum atomic E-state index is 12.6. The van der Waals surface area contributed by atoms with Crippen molar-refractivity contribution < 1.29 is 29.3 Å². The minimum absolute atomic E-state index is 0.00253. The molecule has 3 aromatic carbocycles. The monoisotopic (exact) mass is 489 g/mol. The fourth-order valence-electron chi connectivity index (χ4n) is 3.37. The van der Waals surface area contributed by atoms with Crippen LogP contribution in [0.2, 0.25) is 10.0 Å². The molecule has 0 bridgehead atoms. The van der Waals surface area contributed by atoms with Gasteiger partial charge >= 0.3 is 5.97 Å². The summed E-state index contributed by atoms with van der Waals surface area (Å²) in [6.07, 6.45) is 0.0350. The van der Waals surface area contributed by atoms with E-state index in [1.165, 1.54) is 38.5 Å². The number of phenols is 1. The first-order valence-electron chi connectivity index (χ1n) is 9.77. The molecule has 0 aromatic heterocycles. The highest BCUT2D eigenvalue weighted by atomic mass is 35.5. The standard InChI is InChI=1S/C24H21Cl2NO6/c1-32-19-11-15(28)12-20(33-2)21(19)14-8-6-13(7-9-14)10-18(24(30)31)27-23(29)22-16(25)4-3-5-17(22)26/h3-9,11-12,18,28H,10H2,1-2H3,(H,27,29)(H,30,31)/t18-/m0/s1. The lowest BCUT2D eigenvalue weighted by Crippen LogP contribution is -2.42. The number of rotatable bonds is 8. The van der Waals surface area contributed by atoms with Gasteiger partial charge in [0.15, 0.2) is 0 Å². The van der Waals surface area contributed by atoms with E-state index in [2.05, 4.69) is 5.32 Å². The van der Waals surface area contributed by atoms with E-state index in [0.717, 1.165) is 5.56 Å². The van der Waals surface area contributed by atoms with Gasteiger partial charge < -0.3 is 25.0 Å². The Hall–Kier alpha value is -3.42. The molecule has 3 rings (SSSR count). The Kier molecular flexibility index (Phi) is 7.68. The van der Waals surface area contributed by atoms with Crippen molar-refractivity contribution in [2.75, 3.05) is 14.2 Å². The van der Waals surface area contributed by atoms with Crippen LogP contribution in [0.15, 0.2) is 54.6 Å². The lowest BCUT2D eigenvalue weighted by atomic mass is 9.99. The van der Waals surface area contributed by atoms with Crippen molar-refractivity contribution in [2.24, 2.45) is 0 Å². The normalized spacial score (nSPS) is 11.5. The van der Waals surface area contributed by atoms with E-state index in [1.54, 1.807) is 30.3 Å². The quantitative estimate of drug-likeness (QED) is 0.419. The summed E-state index contributed by atoms with van der Waals surface area (Å²) in [6.45, 7) is 0. The Labute approximate surface area is 200 Å². The molecule has 0 saturated carbocycles. The molecule has 0 spiro atoms. The van der Waals surface area contributed by atoms with Gasteiger partial charge in [0.05, 0.1) is 35.4 Å². The molecule has 0 aliphatic carbocycles. The van der Waals surface area contributed by atoms with Gasteiger partial charge in [0.2, 0.25) is 0 Å². The molecule has 0 aliphatic rings. The summed E-state index contributed by atoms with van der Waals surface area (Å²) in [7, 11) is 2.97. The zero-order valence-electron chi connectivity index (χ0n) is 17.8. The lowest BCUT2D eigenvalue weighted by Gasteiger charge is -2.17. The van der Waals surface area contributed by atoms with Crippen LogP contribution >= 0.6 is 23.2 Å². The van der Waals surface area contributed by atoms with Crippen molar-refractivity contribution in [1.29, 1.82) is 0 Å². The highest BCUT2D eigenvalue weighted by molar-refractivity contribution is 6.39. The lowest BCUT2D eigenvalue weighted by molar-refractivity contribution is -0.139. The van der Waals surface area contributed by atoms with E-state index in [-0.39, 0.29) is 27.8 Å². The van der Waals surface area contributed by atoms with Crippen molar-refractivity contribution in [3.8, 4) is 28.4 Å². The highest BCUT2D eigenvalue weighted by Gasteiger charge is 2.24. The van der Waals surface area contributed by atoms with Crippen LogP contribution in [0.4, 0.5) is 0 Å². The van der Waals surface area contributed by atoms with E-state index < -0.39 is 17.9 Å². The van der Waals surface area contributed by atoms with E-state index in [9.17, 15) is 19.8 Å². The number of carbonyl (C=O) groups excluding carboxylic acids is 1. The van der Waals surface area contributed by atoms with Gasteiger partial charge in [0.1, 0.15) is 23.3 Å². The Bertz CT molecular complexity index is 1130. The summed E-state index contributed by atoms with van der Waals surface area (Å²) in [5.74, 6) is -1.02. The van der Waals surface area contributed by atoms with E-state index >= 15 is 0 Å². The molecule has 0 aliphatic heterocycles. The van der Waals surface area contributed by atoms with Crippen LogP contribution in [0.3, 0.4) is 0 Å². The van der Waals surface area contributed by atoms with Gasteiger partial charge in [-0.05, 0) is 23.3 Å². The summed E-state index contributed by atoms with van der Waals surface area (Å²) in [5, 5.41) is 22.2. The second kappa shape index (κ2) is 10.5. The summed E-state index contributed by atoms with van der Waals surface area (Å²) >= 11 is 12.1.